The van der Waals surface area contributed by atoms with Gasteiger partial charge in [-0.1, -0.05) is 24.3 Å². The van der Waals surface area contributed by atoms with Gasteiger partial charge in [0.1, 0.15) is 0 Å². The van der Waals surface area contributed by atoms with Crippen molar-refractivity contribution in [1.82, 2.24) is 15.4 Å². The molecule has 1 rings (SSSR count). The van der Waals surface area contributed by atoms with Crippen LogP contribution < -0.4 is 15.4 Å². The number of benzene rings is 1. The van der Waals surface area contributed by atoms with Gasteiger partial charge in [-0.25, -0.2) is 18.1 Å². The van der Waals surface area contributed by atoms with Gasteiger partial charge in [0.2, 0.25) is 10.0 Å². The van der Waals surface area contributed by atoms with E-state index in [0.29, 0.717) is 6.54 Å². The first kappa shape index (κ1) is 25.1. The Kier molecular flexibility index (Phi) is 10.7. The van der Waals surface area contributed by atoms with E-state index in [0.717, 1.165) is 23.6 Å². The summed E-state index contributed by atoms with van der Waals surface area (Å²) in [6.45, 7) is 13.2. The molecule has 8 heteroatoms. The second kappa shape index (κ2) is 11.1. The predicted molar refractivity (Wildman–Crippen MR) is 120 cm³/mol. The molecule has 3 N–H and O–H groups in total. The van der Waals surface area contributed by atoms with Gasteiger partial charge in [-0.15, -0.1) is 24.0 Å². The lowest BCUT2D eigenvalue weighted by Gasteiger charge is -2.23. The molecule has 0 aromatic heterocycles. The zero-order chi connectivity index (χ0) is 19.1. The van der Waals surface area contributed by atoms with Crippen LogP contribution in [0, 0.1) is 0 Å². The van der Waals surface area contributed by atoms with Crippen molar-refractivity contribution in [2.24, 2.45) is 4.99 Å². The van der Waals surface area contributed by atoms with Crippen LogP contribution >= 0.6 is 24.0 Å². The molecule has 0 radical (unpaired) electrons. The van der Waals surface area contributed by atoms with Gasteiger partial charge in [0.15, 0.2) is 5.96 Å². The van der Waals surface area contributed by atoms with Crippen molar-refractivity contribution in [3.8, 4) is 0 Å². The Morgan fingerprint density at radius 3 is 2.12 bits per heavy atom. The highest BCUT2D eigenvalue weighted by atomic mass is 127. The molecular weight excluding hydrogens is 463 g/mol. The molecule has 1 aromatic rings. The van der Waals surface area contributed by atoms with Gasteiger partial charge in [-0.05, 0) is 52.7 Å². The number of hydrogen-bond acceptors (Lipinski definition) is 3. The highest BCUT2D eigenvalue weighted by molar-refractivity contribution is 14.0. The number of rotatable bonds is 7. The third kappa shape index (κ3) is 11.0. The van der Waals surface area contributed by atoms with Crippen LogP contribution in [0.2, 0.25) is 0 Å². The Hall–Kier alpha value is -0.870. The Bertz CT molecular complexity index is 665. The smallest absolute Gasteiger partial charge is 0.216 e. The van der Waals surface area contributed by atoms with E-state index in [-0.39, 0.29) is 41.3 Å². The molecule has 1 aromatic carbocycles. The fourth-order valence-electron chi connectivity index (χ4n) is 2.19. The zero-order valence-corrected chi connectivity index (χ0v) is 19.7. The van der Waals surface area contributed by atoms with E-state index in [4.69, 9.17) is 0 Å². The minimum atomic E-state index is -3.30. The number of sulfonamides is 1. The summed E-state index contributed by atoms with van der Waals surface area (Å²) in [6, 6.07) is 7.43. The lowest BCUT2D eigenvalue weighted by atomic mass is 10.1. The molecular formula is C18H33IN4O2S. The molecule has 150 valence electrons. The second-order valence-electron chi connectivity index (χ2n) is 7.42. The summed E-state index contributed by atoms with van der Waals surface area (Å²) in [5.41, 5.74) is 1.73. The summed E-state index contributed by atoms with van der Waals surface area (Å²) in [5, 5.41) is 6.56. The number of hydrogen-bond donors (Lipinski definition) is 3. The van der Waals surface area contributed by atoms with Gasteiger partial charge in [0.05, 0.1) is 12.3 Å². The van der Waals surface area contributed by atoms with E-state index < -0.39 is 10.0 Å². The SMILES string of the molecule is CCNC(=NCc1ccc(CS(=O)(=O)NC(C)C)cc1)NC(C)(C)C.I. The summed E-state index contributed by atoms with van der Waals surface area (Å²) in [4.78, 5) is 4.58. The van der Waals surface area contributed by atoms with Crippen LogP contribution in [0.4, 0.5) is 0 Å². The maximum absolute atomic E-state index is 12.0. The topological polar surface area (TPSA) is 82.6 Å². The van der Waals surface area contributed by atoms with E-state index in [1.807, 2.05) is 45.0 Å². The average molecular weight is 496 g/mol. The lowest BCUT2D eigenvalue weighted by molar-refractivity contribution is 0.501. The van der Waals surface area contributed by atoms with Crippen LogP contribution in [0.25, 0.3) is 0 Å². The average Bonchev–Trinajstić information content (AvgIpc) is 2.43. The normalized spacial score (nSPS) is 12.7. The molecule has 0 heterocycles. The van der Waals surface area contributed by atoms with Crippen molar-refractivity contribution in [3.05, 3.63) is 35.4 Å². The van der Waals surface area contributed by atoms with Crippen molar-refractivity contribution >= 4 is 40.0 Å². The van der Waals surface area contributed by atoms with Crippen molar-refractivity contribution in [1.29, 1.82) is 0 Å². The standard InChI is InChI=1S/C18H32N4O2S.HI/c1-7-19-17(21-18(4,5)6)20-12-15-8-10-16(11-9-15)13-25(23,24)22-14(2)3;/h8-11,14,22H,7,12-13H2,1-6H3,(H2,19,20,21);1H. The van der Waals surface area contributed by atoms with Gasteiger partial charge in [-0.3, -0.25) is 0 Å². The molecule has 0 spiro atoms. The highest BCUT2D eigenvalue weighted by Crippen LogP contribution is 2.09. The van der Waals surface area contributed by atoms with Crippen LogP contribution in [0.15, 0.2) is 29.3 Å². The van der Waals surface area contributed by atoms with Crippen molar-refractivity contribution in [3.63, 3.8) is 0 Å². The van der Waals surface area contributed by atoms with Crippen LogP contribution in [0.5, 0.6) is 0 Å². The molecule has 6 nitrogen and oxygen atoms in total. The summed E-state index contributed by atoms with van der Waals surface area (Å²) < 4.78 is 26.5. The molecule has 0 saturated heterocycles. The van der Waals surface area contributed by atoms with E-state index in [2.05, 4.69) is 41.1 Å². The molecule has 26 heavy (non-hydrogen) atoms. The van der Waals surface area contributed by atoms with Crippen LogP contribution in [-0.2, 0) is 22.3 Å². The monoisotopic (exact) mass is 496 g/mol. The molecule has 0 fully saturated rings. The van der Waals surface area contributed by atoms with Crippen molar-refractivity contribution in [2.45, 2.75) is 65.4 Å². The zero-order valence-electron chi connectivity index (χ0n) is 16.6. The fourth-order valence-corrected chi connectivity index (χ4v) is 3.63. The van der Waals surface area contributed by atoms with E-state index in [9.17, 15) is 8.42 Å². The number of nitrogens with one attached hydrogen (secondary N) is 3. The third-order valence-electron chi connectivity index (χ3n) is 3.05. The van der Waals surface area contributed by atoms with E-state index in [1.165, 1.54) is 0 Å². The first-order valence-corrected chi connectivity index (χ1v) is 10.3. The quantitative estimate of drug-likeness (QED) is 0.308. The first-order valence-electron chi connectivity index (χ1n) is 8.65. The van der Waals surface area contributed by atoms with Gasteiger partial charge < -0.3 is 10.6 Å². The molecule has 0 amide bonds. The minimum absolute atomic E-state index is 0. The number of aliphatic imine (C=N–C) groups is 1. The summed E-state index contributed by atoms with van der Waals surface area (Å²) in [6.07, 6.45) is 0. The lowest BCUT2D eigenvalue weighted by Crippen LogP contribution is -2.47. The van der Waals surface area contributed by atoms with Crippen molar-refractivity contribution < 1.29 is 8.42 Å². The first-order chi connectivity index (χ1) is 11.5. The predicted octanol–water partition coefficient (Wildman–Crippen LogP) is 2.99. The molecule has 0 aliphatic rings. The van der Waals surface area contributed by atoms with E-state index in [1.54, 1.807) is 0 Å². The maximum Gasteiger partial charge on any atom is 0.216 e. The Morgan fingerprint density at radius 2 is 1.65 bits per heavy atom. The molecule has 0 atom stereocenters. The number of halogens is 1. The fraction of sp³-hybridized carbons (Fsp3) is 0.611. The van der Waals surface area contributed by atoms with Gasteiger partial charge in [-0.2, -0.15) is 0 Å². The van der Waals surface area contributed by atoms with Crippen LogP contribution in [-0.4, -0.2) is 32.5 Å². The van der Waals surface area contributed by atoms with Crippen molar-refractivity contribution in [2.75, 3.05) is 6.54 Å². The maximum atomic E-state index is 12.0. The summed E-state index contributed by atoms with van der Waals surface area (Å²) in [7, 11) is -3.30. The van der Waals surface area contributed by atoms with Gasteiger partial charge in [0, 0.05) is 18.1 Å². The van der Waals surface area contributed by atoms with E-state index >= 15 is 0 Å². The largest absolute Gasteiger partial charge is 0.357 e. The van der Waals surface area contributed by atoms with Gasteiger partial charge >= 0.3 is 0 Å². The third-order valence-corrected chi connectivity index (χ3v) is 4.60. The number of guanidine groups is 1. The second-order valence-corrected chi connectivity index (χ2v) is 9.17. The molecule has 0 bridgehead atoms. The van der Waals surface area contributed by atoms with Crippen LogP contribution in [0.3, 0.4) is 0 Å². The molecule has 0 aliphatic heterocycles. The highest BCUT2D eigenvalue weighted by Gasteiger charge is 2.13. The Balaban J connectivity index is 0.00000625. The minimum Gasteiger partial charge on any atom is -0.357 e. The Morgan fingerprint density at radius 1 is 1.12 bits per heavy atom. The Labute approximate surface area is 175 Å². The molecule has 0 unspecified atom stereocenters. The summed E-state index contributed by atoms with van der Waals surface area (Å²) in [5.74, 6) is 0.756. The van der Waals surface area contributed by atoms with Crippen LogP contribution in [0.1, 0.15) is 52.7 Å². The number of nitrogens with zero attached hydrogens (tertiary/aromatic N) is 1. The summed E-state index contributed by atoms with van der Waals surface area (Å²) >= 11 is 0. The molecule has 0 saturated carbocycles. The van der Waals surface area contributed by atoms with Gasteiger partial charge in [0.25, 0.3) is 0 Å². The molecule has 0 aliphatic carbocycles.